The van der Waals surface area contributed by atoms with E-state index in [1.165, 1.54) is 57.8 Å². The fourth-order valence-corrected chi connectivity index (χ4v) is 6.67. The van der Waals surface area contributed by atoms with Gasteiger partial charge in [0.2, 0.25) is 0 Å². The summed E-state index contributed by atoms with van der Waals surface area (Å²) in [6.07, 6.45) is 13.4. The van der Waals surface area contributed by atoms with Gasteiger partial charge in [-0.1, -0.05) is 19.3 Å². The molecule has 0 unspecified atom stereocenters. The molecule has 0 aromatic carbocycles. The van der Waals surface area contributed by atoms with Gasteiger partial charge in [-0.15, -0.1) is 0 Å². The fourth-order valence-electron chi connectivity index (χ4n) is 6.67. The topological polar surface area (TPSA) is 55.4 Å². The molecule has 0 heterocycles. The SMILES string of the molecule is C[C@@H](OC(=O)CC12CC3CC(CC(C3)C1)C2)C(=O)NC1CCCCC1. The Balaban J connectivity index is 1.27. The van der Waals surface area contributed by atoms with E-state index in [4.69, 9.17) is 4.74 Å². The summed E-state index contributed by atoms with van der Waals surface area (Å²) in [6, 6.07) is 0.269. The van der Waals surface area contributed by atoms with Crippen LogP contribution in [0.3, 0.4) is 0 Å². The zero-order valence-corrected chi connectivity index (χ0v) is 15.6. The molecule has 0 aromatic rings. The molecule has 25 heavy (non-hydrogen) atoms. The summed E-state index contributed by atoms with van der Waals surface area (Å²) in [5, 5.41) is 3.07. The van der Waals surface area contributed by atoms with E-state index in [0.29, 0.717) is 6.42 Å². The molecule has 0 saturated heterocycles. The highest BCUT2D eigenvalue weighted by atomic mass is 16.5. The van der Waals surface area contributed by atoms with Crippen LogP contribution in [0.1, 0.15) is 84.0 Å². The largest absolute Gasteiger partial charge is 0.453 e. The molecule has 5 aliphatic rings. The van der Waals surface area contributed by atoms with Crippen molar-refractivity contribution >= 4 is 11.9 Å². The van der Waals surface area contributed by atoms with Gasteiger partial charge >= 0.3 is 5.97 Å². The van der Waals surface area contributed by atoms with E-state index in [1.807, 2.05) is 0 Å². The van der Waals surface area contributed by atoms with E-state index in [2.05, 4.69) is 5.32 Å². The average molecular weight is 347 g/mol. The molecule has 4 nitrogen and oxygen atoms in total. The highest BCUT2D eigenvalue weighted by Crippen LogP contribution is 2.61. The second-order valence-electron chi connectivity index (χ2n) is 9.57. The minimum absolute atomic E-state index is 0.120. The Labute approximate surface area is 151 Å². The van der Waals surface area contributed by atoms with Crippen molar-refractivity contribution in [1.29, 1.82) is 0 Å². The van der Waals surface area contributed by atoms with Gasteiger partial charge in [0.05, 0.1) is 6.42 Å². The summed E-state index contributed by atoms with van der Waals surface area (Å²) in [5.41, 5.74) is 0.186. The maximum Gasteiger partial charge on any atom is 0.307 e. The van der Waals surface area contributed by atoms with Gasteiger partial charge in [0.15, 0.2) is 6.10 Å². The number of hydrogen-bond donors (Lipinski definition) is 1. The third-order valence-corrected chi connectivity index (χ3v) is 7.31. The molecule has 1 amide bonds. The van der Waals surface area contributed by atoms with E-state index < -0.39 is 6.10 Å². The zero-order valence-electron chi connectivity index (χ0n) is 15.6. The molecule has 5 rings (SSSR count). The zero-order chi connectivity index (χ0) is 17.4. The molecule has 5 saturated carbocycles. The minimum Gasteiger partial charge on any atom is -0.453 e. The van der Waals surface area contributed by atoms with E-state index in [0.717, 1.165) is 30.6 Å². The number of amides is 1. The Hall–Kier alpha value is -1.06. The van der Waals surface area contributed by atoms with Gasteiger partial charge in [-0.05, 0) is 81.5 Å². The number of carbonyl (C=O) groups excluding carboxylic acids is 2. The van der Waals surface area contributed by atoms with Gasteiger partial charge in [0.1, 0.15) is 0 Å². The van der Waals surface area contributed by atoms with Crippen molar-refractivity contribution < 1.29 is 14.3 Å². The molecule has 0 aliphatic heterocycles. The maximum absolute atomic E-state index is 12.5. The highest BCUT2D eigenvalue weighted by Gasteiger charge is 2.51. The van der Waals surface area contributed by atoms with Crippen LogP contribution in [0, 0.1) is 23.2 Å². The smallest absolute Gasteiger partial charge is 0.307 e. The Bertz CT molecular complexity index is 488. The number of hydrogen-bond acceptors (Lipinski definition) is 3. The van der Waals surface area contributed by atoms with Crippen LogP contribution < -0.4 is 5.32 Å². The summed E-state index contributed by atoms with van der Waals surface area (Å²) in [4.78, 5) is 24.9. The number of nitrogens with one attached hydrogen (secondary N) is 1. The van der Waals surface area contributed by atoms with Gasteiger partial charge in [0, 0.05) is 6.04 Å². The minimum atomic E-state index is -0.664. The third kappa shape index (κ3) is 3.88. The lowest BCUT2D eigenvalue weighted by molar-refractivity contribution is -0.161. The number of rotatable bonds is 5. The molecule has 1 N–H and O–H groups in total. The molecule has 0 radical (unpaired) electrons. The van der Waals surface area contributed by atoms with Crippen LogP contribution in [0.2, 0.25) is 0 Å². The number of esters is 1. The van der Waals surface area contributed by atoms with Crippen molar-refractivity contribution in [3.63, 3.8) is 0 Å². The Morgan fingerprint density at radius 3 is 2.12 bits per heavy atom. The summed E-state index contributed by atoms with van der Waals surface area (Å²) in [7, 11) is 0. The molecule has 140 valence electrons. The maximum atomic E-state index is 12.5. The molecule has 4 heteroatoms. The first-order chi connectivity index (χ1) is 12.0. The first kappa shape index (κ1) is 17.4. The second kappa shape index (κ2) is 6.92. The van der Waals surface area contributed by atoms with Crippen molar-refractivity contribution in [3.8, 4) is 0 Å². The normalized spacial score (nSPS) is 38.4. The summed E-state index contributed by atoms with van der Waals surface area (Å²) in [6.45, 7) is 1.72. The van der Waals surface area contributed by atoms with Crippen LogP contribution in [0.25, 0.3) is 0 Å². The van der Waals surface area contributed by atoms with Gasteiger partial charge in [-0.3, -0.25) is 9.59 Å². The predicted octanol–water partition coefficient (Wildman–Crippen LogP) is 3.97. The number of carbonyl (C=O) groups is 2. The molecule has 4 bridgehead atoms. The molecule has 5 aliphatic carbocycles. The summed E-state index contributed by atoms with van der Waals surface area (Å²) >= 11 is 0. The predicted molar refractivity (Wildman–Crippen MR) is 95.8 cm³/mol. The lowest BCUT2D eigenvalue weighted by Gasteiger charge is -2.56. The van der Waals surface area contributed by atoms with Crippen LogP contribution in [0.15, 0.2) is 0 Å². The van der Waals surface area contributed by atoms with Crippen LogP contribution >= 0.6 is 0 Å². The van der Waals surface area contributed by atoms with Crippen molar-refractivity contribution in [2.75, 3.05) is 0 Å². The average Bonchev–Trinajstić information content (AvgIpc) is 2.53. The van der Waals surface area contributed by atoms with Gasteiger partial charge in [-0.2, -0.15) is 0 Å². The van der Waals surface area contributed by atoms with E-state index >= 15 is 0 Å². The molecule has 0 spiro atoms. The van der Waals surface area contributed by atoms with Gasteiger partial charge < -0.3 is 10.1 Å². The molecule has 1 atom stereocenters. The van der Waals surface area contributed by atoms with E-state index in [1.54, 1.807) is 6.92 Å². The molecule has 5 fully saturated rings. The van der Waals surface area contributed by atoms with Crippen LogP contribution in [0.5, 0.6) is 0 Å². The lowest BCUT2D eigenvalue weighted by atomic mass is 9.49. The molecular weight excluding hydrogens is 314 g/mol. The lowest BCUT2D eigenvalue weighted by Crippen LogP contribution is -2.47. The van der Waals surface area contributed by atoms with Crippen molar-refractivity contribution in [2.45, 2.75) is 96.1 Å². The summed E-state index contributed by atoms with van der Waals surface area (Å²) in [5.74, 6) is 2.24. The van der Waals surface area contributed by atoms with Crippen molar-refractivity contribution in [3.05, 3.63) is 0 Å². The number of ether oxygens (including phenoxy) is 1. The second-order valence-corrected chi connectivity index (χ2v) is 9.57. The molecule has 0 aromatic heterocycles. The first-order valence-electron chi connectivity index (χ1n) is 10.5. The quantitative estimate of drug-likeness (QED) is 0.766. The Morgan fingerprint density at radius 1 is 1.00 bits per heavy atom. The summed E-state index contributed by atoms with van der Waals surface area (Å²) < 4.78 is 5.54. The third-order valence-electron chi connectivity index (χ3n) is 7.31. The van der Waals surface area contributed by atoms with Crippen molar-refractivity contribution in [2.24, 2.45) is 23.2 Å². The van der Waals surface area contributed by atoms with Crippen molar-refractivity contribution in [1.82, 2.24) is 5.32 Å². The van der Waals surface area contributed by atoms with Gasteiger partial charge in [0.25, 0.3) is 5.91 Å². The van der Waals surface area contributed by atoms with E-state index in [9.17, 15) is 9.59 Å². The van der Waals surface area contributed by atoms with Crippen LogP contribution in [-0.2, 0) is 14.3 Å². The Kier molecular flexibility index (Phi) is 4.81. The monoisotopic (exact) mass is 347 g/mol. The standard InChI is InChI=1S/C21H33NO3/c1-14(20(24)22-18-5-3-2-4-6-18)25-19(23)13-21-10-15-7-16(11-21)9-17(8-15)12-21/h14-18H,2-13H2,1H3,(H,22,24)/t14-,15?,16?,17?,21?/m1/s1. The van der Waals surface area contributed by atoms with Crippen LogP contribution in [0.4, 0.5) is 0 Å². The van der Waals surface area contributed by atoms with Crippen LogP contribution in [-0.4, -0.2) is 24.0 Å². The van der Waals surface area contributed by atoms with E-state index in [-0.39, 0.29) is 23.3 Å². The highest BCUT2D eigenvalue weighted by molar-refractivity contribution is 5.83. The molecular formula is C21H33NO3. The fraction of sp³-hybridized carbons (Fsp3) is 0.905. The first-order valence-corrected chi connectivity index (χ1v) is 10.5. The van der Waals surface area contributed by atoms with Gasteiger partial charge in [-0.25, -0.2) is 0 Å². The Morgan fingerprint density at radius 2 is 1.56 bits per heavy atom.